The average Bonchev–Trinajstić information content (AvgIpc) is 2.89. The van der Waals surface area contributed by atoms with Crippen LogP contribution in [0.2, 0.25) is 0 Å². The lowest BCUT2D eigenvalue weighted by molar-refractivity contribution is 0.404. The van der Waals surface area contributed by atoms with Crippen molar-refractivity contribution in [2.75, 3.05) is 20.0 Å². The number of nitrogens with one attached hydrogen (secondary N) is 1. The molecule has 0 spiro atoms. The Bertz CT molecular complexity index is 765. The minimum absolute atomic E-state index is 0.699. The van der Waals surface area contributed by atoms with Gasteiger partial charge in [-0.05, 0) is 36.4 Å². The van der Waals surface area contributed by atoms with Gasteiger partial charge >= 0.3 is 0 Å². The predicted molar refractivity (Wildman–Crippen MR) is 79.0 cm³/mol. The maximum absolute atomic E-state index is 5.78. The van der Waals surface area contributed by atoms with Crippen LogP contribution in [0.4, 0.5) is 5.69 Å². The normalized spacial score (nSPS) is 10.7. The van der Waals surface area contributed by atoms with E-state index in [2.05, 4.69) is 9.97 Å². The van der Waals surface area contributed by atoms with Gasteiger partial charge in [-0.3, -0.25) is 0 Å². The maximum Gasteiger partial charge on any atom is 0.142 e. The highest BCUT2D eigenvalue weighted by atomic mass is 16.5. The summed E-state index contributed by atoms with van der Waals surface area (Å²) in [6.07, 6.45) is 0. The number of nitrogen functional groups attached to an aromatic ring is 1. The van der Waals surface area contributed by atoms with Crippen LogP contribution in [0.25, 0.3) is 22.4 Å². The van der Waals surface area contributed by atoms with Gasteiger partial charge in [-0.2, -0.15) is 0 Å². The highest BCUT2D eigenvalue weighted by molar-refractivity contribution is 5.83. The first kappa shape index (κ1) is 12.3. The molecule has 3 N–H and O–H groups in total. The number of hydrogen-bond acceptors (Lipinski definition) is 4. The van der Waals surface area contributed by atoms with Crippen LogP contribution in [0.15, 0.2) is 36.4 Å². The fraction of sp³-hybridized carbons (Fsp3) is 0.133. The largest absolute Gasteiger partial charge is 0.497 e. The number of hydrogen-bond donors (Lipinski definition) is 2. The fourth-order valence-corrected chi connectivity index (χ4v) is 2.15. The smallest absolute Gasteiger partial charge is 0.142 e. The van der Waals surface area contributed by atoms with E-state index >= 15 is 0 Å². The second-order valence-corrected chi connectivity index (χ2v) is 4.43. The topological polar surface area (TPSA) is 73.2 Å². The minimum Gasteiger partial charge on any atom is -0.497 e. The van der Waals surface area contributed by atoms with Gasteiger partial charge in [0.1, 0.15) is 17.3 Å². The molecule has 5 heteroatoms. The van der Waals surface area contributed by atoms with E-state index in [0.29, 0.717) is 5.69 Å². The van der Waals surface area contributed by atoms with Crippen molar-refractivity contribution in [1.29, 1.82) is 0 Å². The summed E-state index contributed by atoms with van der Waals surface area (Å²) in [6, 6.07) is 11.2. The number of benzene rings is 2. The van der Waals surface area contributed by atoms with Crippen molar-refractivity contribution in [3.8, 4) is 22.9 Å². The molecular weight excluding hydrogens is 254 g/mol. The van der Waals surface area contributed by atoms with E-state index in [1.54, 1.807) is 14.2 Å². The first-order valence-corrected chi connectivity index (χ1v) is 6.19. The second kappa shape index (κ2) is 4.77. The van der Waals surface area contributed by atoms with Crippen LogP contribution in [-0.4, -0.2) is 24.2 Å². The summed E-state index contributed by atoms with van der Waals surface area (Å²) in [5, 5.41) is 0. The summed E-state index contributed by atoms with van der Waals surface area (Å²) in [7, 11) is 3.26. The summed E-state index contributed by atoms with van der Waals surface area (Å²) in [4.78, 5) is 7.81. The van der Waals surface area contributed by atoms with Crippen LogP contribution < -0.4 is 15.2 Å². The van der Waals surface area contributed by atoms with E-state index in [1.165, 1.54) is 0 Å². The van der Waals surface area contributed by atoms with Crippen LogP contribution >= 0.6 is 0 Å². The molecule has 3 aromatic rings. The summed E-state index contributed by atoms with van der Waals surface area (Å²) >= 11 is 0. The third kappa shape index (κ3) is 2.03. The van der Waals surface area contributed by atoms with Crippen molar-refractivity contribution in [3.63, 3.8) is 0 Å². The highest BCUT2D eigenvalue weighted by Gasteiger charge is 2.12. The molecule has 0 atom stereocenters. The van der Waals surface area contributed by atoms with Gasteiger partial charge in [0.15, 0.2) is 0 Å². The van der Waals surface area contributed by atoms with E-state index in [9.17, 15) is 0 Å². The predicted octanol–water partition coefficient (Wildman–Crippen LogP) is 2.83. The Morgan fingerprint density at radius 1 is 1.05 bits per heavy atom. The standard InChI is InChI=1S/C15H15N3O2/c1-19-10-4-6-14(20-2)11(8-10)15-17-12-5-3-9(16)7-13(12)18-15/h3-8H,16H2,1-2H3,(H,17,18). The van der Waals surface area contributed by atoms with Crippen molar-refractivity contribution < 1.29 is 9.47 Å². The summed E-state index contributed by atoms with van der Waals surface area (Å²) < 4.78 is 10.6. The monoisotopic (exact) mass is 269 g/mol. The van der Waals surface area contributed by atoms with Crippen LogP contribution in [0.1, 0.15) is 0 Å². The van der Waals surface area contributed by atoms with Gasteiger partial charge in [0.2, 0.25) is 0 Å². The van der Waals surface area contributed by atoms with E-state index in [0.717, 1.165) is 33.9 Å². The number of nitrogens with zero attached hydrogens (tertiary/aromatic N) is 1. The van der Waals surface area contributed by atoms with Crippen LogP contribution in [-0.2, 0) is 0 Å². The van der Waals surface area contributed by atoms with E-state index in [-0.39, 0.29) is 0 Å². The molecule has 0 bridgehead atoms. The number of anilines is 1. The number of methoxy groups -OCH3 is 2. The maximum atomic E-state index is 5.78. The van der Waals surface area contributed by atoms with Gasteiger partial charge in [0.05, 0.1) is 30.8 Å². The molecule has 0 saturated heterocycles. The van der Waals surface area contributed by atoms with Crippen molar-refractivity contribution in [2.45, 2.75) is 0 Å². The molecular formula is C15H15N3O2. The molecule has 2 aromatic carbocycles. The Morgan fingerprint density at radius 2 is 1.90 bits per heavy atom. The fourth-order valence-electron chi connectivity index (χ4n) is 2.15. The number of H-pyrrole nitrogens is 1. The number of nitrogens with two attached hydrogens (primary N) is 1. The summed E-state index contributed by atoms with van der Waals surface area (Å²) in [5.41, 5.74) is 9.08. The minimum atomic E-state index is 0.699. The lowest BCUT2D eigenvalue weighted by atomic mass is 10.2. The van der Waals surface area contributed by atoms with Gasteiger partial charge in [0, 0.05) is 5.69 Å². The Kier molecular flexibility index (Phi) is 2.95. The average molecular weight is 269 g/mol. The van der Waals surface area contributed by atoms with E-state index in [4.69, 9.17) is 15.2 Å². The van der Waals surface area contributed by atoms with Gasteiger partial charge in [-0.25, -0.2) is 4.98 Å². The first-order valence-electron chi connectivity index (χ1n) is 6.19. The number of fused-ring (bicyclic) bond motifs is 1. The van der Waals surface area contributed by atoms with Crippen molar-refractivity contribution in [3.05, 3.63) is 36.4 Å². The SMILES string of the molecule is COc1ccc(OC)c(-c2nc3ccc(N)cc3[nH]2)c1. The van der Waals surface area contributed by atoms with Crippen LogP contribution in [0, 0.1) is 0 Å². The number of ether oxygens (including phenoxy) is 2. The molecule has 0 unspecified atom stereocenters. The molecule has 0 saturated carbocycles. The third-order valence-corrected chi connectivity index (χ3v) is 3.17. The van der Waals surface area contributed by atoms with Gasteiger partial charge in [-0.1, -0.05) is 0 Å². The Labute approximate surface area is 116 Å². The molecule has 102 valence electrons. The highest BCUT2D eigenvalue weighted by Crippen LogP contribution is 2.33. The molecule has 5 nitrogen and oxygen atoms in total. The van der Waals surface area contributed by atoms with Crippen molar-refractivity contribution in [2.24, 2.45) is 0 Å². The zero-order chi connectivity index (χ0) is 14.1. The zero-order valence-electron chi connectivity index (χ0n) is 11.3. The number of aromatic amines is 1. The quantitative estimate of drug-likeness (QED) is 0.717. The third-order valence-electron chi connectivity index (χ3n) is 3.17. The Balaban J connectivity index is 2.18. The van der Waals surface area contributed by atoms with Crippen LogP contribution in [0.3, 0.4) is 0 Å². The molecule has 0 aliphatic carbocycles. The van der Waals surface area contributed by atoms with Crippen molar-refractivity contribution in [1.82, 2.24) is 9.97 Å². The van der Waals surface area contributed by atoms with Gasteiger partial charge in [-0.15, -0.1) is 0 Å². The first-order chi connectivity index (χ1) is 9.71. The molecule has 0 radical (unpaired) electrons. The zero-order valence-corrected chi connectivity index (χ0v) is 11.3. The van der Waals surface area contributed by atoms with Gasteiger partial charge < -0.3 is 20.2 Å². The number of aromatic nitrogens is 2. The Hall–Kier alpha value is -2.69. The molecule has 1 aromatic heterocycles. The van der Waals surface area contributed by atoms with E-state index < -0.39 is 0 Å². The van der Waals surface area contributed by atoms with Crippen LogP contribution in [0.5, 0.6) is 11.5 Å². The molecule has 20 heavy (non-hydrogen) atoms. The molecule has 0 aliphatic heterocycles. The summed E-state index contributed by atoms with van der Waals surface area (Å²) in [6.45, 7) is 0. The second-order valence-electron chi connectivity index (χ2n) is 4.43. The lowest BCUT2D eigenvalue weighted by Crippen LogP contribution is -1.91. The Morgan fingerprint density at radius 3 is 2.65 bits per heavy atom. The number of rotatable bonds is 3. The summed E-state index contributed by atoms with van der Waals surface area (Å²) in [5.74, 6) is 2.21. The van der Waals surface area contributed by atoms with E-state index in [1.807, 2.05) is 36.4 Å². The molecule has 3 rings (SSSR count). The molecule has 0 aliphatic rings. The number of imidazole rings is 1. The van der Waals surface area contributed by atoms with Gasteiger partial charge in [0.25, 0.3) is 0 Å². The molecule has 0 amide bonds. The molecule has 1 heterocycles. The lowest BCUT2D eigenvalue weighted by Gasteiger charge is -2.08. The van der Waals surface area contributed by atoms with Crippen molar-refractivity contribution >= 4 is 16.7 Å². The molecule has 0 fully saturated rings.